The summed E-state index contributed by atoms with van der Waals surface area (Å²) in [6.45, 7) is 1.91. The van der Waals surface area contributed by atoms with E-state index in [1.807, 2.05) is 0 Å². The number of rotatable bonds is 3. The Labute approximate surface area is 77.0 Å². The Balaban J connectivity index is 2.87. The Bertz CT molecular complexity index is 269. The zero-order chi connectivity index (χ0) is 9.90. The minimum atomic E-state index is -1.01. The third-order valence-corrected chi connectivity index (χ3v) is 1.94. The average Bonchev–Trinajstić information content (AvgIpc) is 2.05. The molecule has 0 aliphatic carbocycles. The largest absolute Gasteiger partial charge is 0.508 e. The maximum absolute atomic E-state index is 9.85. The maximum Gasteiger partial charge on any atom is 0.115 e. The Hall–Kier alpha value is -1.10. The summed E-state index contributed by atoms with van der Waals surface area (Å²) in [5.41, 5.74) is 2.11. The zero-order valence-electron chi connectivity index (χ0n) is 7.49. The second-order valence-electron chi connectivity index (χ2n) is 3.20. The molecule has 4 nitrogen and oxygen atoms in total. The third kappa shape index (κ3) is 2.42. The van der Waals surface area contributed by atoms with Crippen LogP contribution in [0.15, 0.2) is 24.3 Å². The molecule has 0 heterocycles. The van der Waals surface area contributed by atoms with Gasteiger partial charge in [0.15, 0.2) is 0 Å². The van der Waals surface area contributed by atoms with Crippen molar-refractivity contribution in [1.29, 1.82) is 0 Å². The van der Waals surface area contributed by atoms with Gasteiger partial charge in [0, 0.05) is 6.54 Å². The Kier molecular flexibility index (Phi) is 2.87. The molecule has 1 atom stereocenters. The fourth-order valence-electron chi connectivity index (χ4n) is 1.12. The van der Waals surface area contributed by atoms with E-state index in [2.05, 4.69) is 5.43 Å². The summed E-state index contributed by atoms with van der Waals surface area (Å²) >= 11 is 0. The second-order valence-corrected chi connectivity index (χ2v) is 3.20. The number of hydrogen-bond acceptors (Lipinski definition) is 4. The van der Waals surface area contributed by atoms with Crippen LogP contribution >= 0.6 is 0 Å². The fourth-order valence-corrected chi connectivity index (χ4v) is 1.12. The van der Waals surface area contributed by atoms with Crippen LogP contribution in [0.25, 0.3) is 0 Å². The van der Waals surface area contributed by atoms with Crippen LogP contribution in [-0.2, 0) is 5.60 Å². The van der Waals surface area contributed by atoms with E-state index >= 15 is 0 Å². The van der Waals surface area contributed by atoms with E-state index in [1.165, 1.54) is 12.1 Å². The Morgan fingerprint density at radius 2 is 1.92 bits per heavy atom. The van der Waals surface area contributed by atoms with Gasteiger partial charge in [-0.1, -0.05) is 12.1 Å². The summed E-state index contributed by atoms with van der Waals surface area (Å²) in [4.78, 5) is 0. The van der Waals surface area contributed by atoms with Crippen LogP contribution in [0.4, 0.5) is 0 Å². The first-order valence-electron chi connectivity index (χ1n) is 4.01. The molecule has 0 saturated carbocycles. The van der Waals surface area contributed by atoms with E-state index in [1.54, 1.807) is 19.1 Å². The lowest BCUT2D eigenvalue weighted by Gasteiger charge is -2.23. The van der Waals surface area contributed by atoms with Crippen molar-refractivity contribution in [2.45, 2.75) is 12.5 Å². The van der Waals surface area contributed by atoms with Gasteiger partial charge in [0.1, 0.15) is 11.4 Å². The van der Waals surface area contributed by atoms with Gasteiger partial charge < -0.3 is 10.2 Å². The quantitative estimate of drug-likeness (QED) is 0.394. The van der Waals surface area contributed by atoms with E-state index in [4.69, 9.17) is 10.9 Å². The van der Waals surface area contributed by atoms with Gasteiger partial charge in [-0.2, -0.15) is 0 Å². The van der Waals surface area contributed by atoms with Gasteiger partial charge in [-0.15, -0.1) is 0 Å². The first kappa shape index (κ1) is 9.98. The summed E-state index contributed by atoms with van der Waals surface area (Å²) in [6.07, 6.45) is 0. The van der Waals surface area contributed by atoms with Crippen molar-refractivity contribution < 1.29 is 10.2 Å². The minimum absolute atomic E-state index is 0.181. The molecular weight excluding hydrogens is 168 g/mol. The lowest BCUT2D eigenvalue weighted by Crippen LogP contribution is -2.38. The number of hydrazine groups is 1. The topological polar surface area (TPSA) is 78.5 Å². The molecule has 72 valence electrons. The molecule has 13 heavy (non-hydrogen) atoms. The molecule has 1 aromatic rings. The summed E-state index contributed by atoms with van der Waals surface area (Å²) in [5, 5.41) is 18.9. The van der Waals surface area contributed by atoms with Crippen molar-refractivity contribution in [3.05, 3.63) is 29.8 Å². The molecule has 0 radical (unpaired) electrons. The molecule has 0 aromatic heterocycles. The summed E-state index contributed by atoms with van der Waals surface area (Å²) in [5.74, 6) is 5.30. The standard InChI is InChI=1S/C9H14N2O2/c1-9(13,6-11-10)7-2-4-8(12)5-3-7/h2-5,11-13H,6,10H2,1H3. The Morgan fingerprint density at radius 1 is 1.38 bits per heavy atom. The molecule has 1 rings (SSSR count). The first-order valence-corrected chi connectivity index (χ1v) is 4.01. The lowest BCUT2D eigenvalue weighted by atomic mass is 9.96. The molecule has 0 spiro atoms. The molecule has 5 N–H and O–H groups in total. The molecule has 0 fully saturated rings. The lowest BCUT2D eigenvalue weighted by molar-refractivity contribution is 0.0572. The SMILES string of the molecule is CC(O)(CNN)c1ccc(O)cc1. The van der Waals surface area contributed by atoms with Crippen molar-refractivity contribution in [2.75, 3.05) is 6.54 Å². The van der Waals surface area contributed by atoms with Crippen molar-refractivity contribution in [2.24, 2.45) is 5.84 Å². The number of hydrogen-bond donors (Lipinski definition) is 4. The maximum atomic E-state index is 9.85. The number of nitrogens with two attached hydrogens (primary N) is 1. The predicted molar refractivity (Wildman–Crippen MR) is 49.9 cm³/mol. The summed E-state index contributed by atoms with van der Waals surface area (Å²) in [7, 11) is 0. The van der Waals surface area contributed by atoms with Gasteiger partial charge in [0.25, 0.3) is 0 Å². The number of phenolic OH excluding ortho intramolecular Hbond substituents is 1. The highest BCUT2D eigenvalue weighted by Crippen LogP contribution is 2.21. The van der Waals surface area contributed by atoms with Crippen molar-refractivity contribution in [1.82, 2.24) is 5.43 Å². The number of aliphatic hydroxyl groups is 1. The van der Waals surface area contributed by atoms with Crippen molar-refractivity contribution >= 4 is 0 Å². The molecule has 0 amide bonds. The molecule has 1 aromatic carbocycles. The highest BCUT2D eigenvalue weighted by atomic mass is 16.3. The molecule has 0 aliphatic heterocycles. The Morgan fingerprint density at radius 3 is 2.38 bits per heavy atom. The van der Waals surface area contributed by atoms with Crippen LogP contribution in [-0.4, -0.2) is 16.8 Å². The van der Waals surface area contributed by atoms with Crippen LogP contribution in [0.3, 0.4) is 0 Å². The zero-order valence-corrected chi connectivity index (χ0v) is 7.49. The van der Waals surface area contributed by atoms with E-state index in [0.29, 0.717) is 5.56 Å². The fraction of sp³-hybridized carbons (Fsp3) is 0.333. The summed E-state index contributed by atoms with van der Waals surface area (Å²) < 4.78 is 0. The van der Waals surface area contributed by atoms with Crippen LogP contribution in [0, 0.1) is 0 Å². The van der Waals surface area contributed by atoms with E-state index < -0.39 is 5.60 Å². The molecule has 0 bridgehead atoms. The van der Waals surface area contributed by atoms with Crippen LogP contribution < -0.4 is 11.3 Å². The van der Waals surface area contributed by atoms with Gasteiger partial charge in [-0.25, -0.2) is 0 Å². The number of nitrogens with one attached hydrogen (secondary N) is 1. The molecular formula is C9H14N2O2. The van der Waals surface area contributed by atoms with Gasteiger partial charge in [0.05, 0.1) is 0 Å². The normalized spacial score (nSPS) is 15.3. The van der Waals surface area contributed by atoms with Crippen LogP contribution in [0.5, 0.6) is 5.75 Å². The van der Waals surface area contributed by atoms with E-state index in [0.717, 1.165) is 0 Å². The second kappa shape index (κ2) is 3.74. The van der Waals surface area contributed by atoms with Gasteiger partial charge in [-0.05, 0) is 24.6 Å². The monoisotopic (exact) mass is 182 g/mol. The van der Waals surface area contributed by atoms with Crippen molar-refractivity contribution in [3.63, 3.8) is 0 Å². The highest BCUT2D eigenvalue weighted by Gasteiger charge is 2.21. The minimum Gasteiger partial charge on any atom is -0.508 e. The summed E-state index contributed by atoms with van der Waals surface area (Å²) in [6, 6.07) is 6.37. The third-order valence-electron chi connectivity index (χ3n) is 1.94. The van der Waals surface area contributed by atoms with Gasteiger partial charge >= 0.3 is 0 Å². The number of aromatic hydroxyl groups is 1. The van der Waals surface area contributed by atoms with Gasteiger partial charge in [-0.3, -0.25) is 11.3 Å². The molecule has 0 aliphatic rings. The van der Waals surface area contributed by atoms with Gasteiger partial charge in [0.2, 0.25) is 0 Å². The molecule has 1 unspecified atom stereocenters. The smallest absolute Gasteiger partial charge is 0.115 e. The molecule has 0 saturated heterocycles. The number of phenols is 1. The first-order chi connectivity index (χ1) is 6.06. The van der Waals surface area contributed by atoms with Crippen LogP contribution in [0.1, 0.15) is 12.5 Å². The molecule has 4 heteroatoms. The van der Waals surface area contributed by atoms with E-state index in [9.17, 15) is 5.11 Å². The predicted octanol–water partition coefficient (Wildman–Crippen LogP) is 0.0630. The van der Waals surface area contributed by atoms with E-state index in [-0.39, 0.29) is 12.3 Å². The number of benzene rings is 1. The van der Waals surface area contributed by atoms with Crippen LogP contribution in [0.2, 0.25) is 0 Å². The van der Waals surface area contributed by atoms with Crippen molar-refractivity contribution in [3.8, 4) is 5.75 Å². The highest BCUT2D eigenvalue weighted by molar-refractivity contribution is 5.29. The average molecular weight is 182 g/mol.